The van der Waals surface area contributed by atoms with Crippen molar-refractivity contribution in [2.45, 2.75) is 59.9 Å². The van der Waals surface area contributed by atoms with Gasteiger partial charge in [-0.05, 0) is 43.7 Å². The molecule has 0 aromatic carbocycles. The lowest BCUT2D eigenvalue weighted by Crippen LogP contribution is -2.47. The highest BCUT2D eigenvalue weighted by Crippen LogP contribution is 2.24. The van der Waals surface area contributed by atoms with Crippen LogP contribution < -0.4 is 11.1 Å². The number of hydrogen-bond donors (Lipinski definition) is 2. The van der Waals surface area contributed by atoms with Gasteiger partial charge in [0.05, 0.1) is 5.92 Å². The van der Waals surface area contributed by atoms with Crippen LogP contribution in [0.1, 0.15) is 53.9 Å². The van der Waals surface area contributed by atoms with Crippen molar-refractivity contribution in [2.24, 2.45) is 23.0 Å². The molecule has 0 aromatic rings. The first-order valence-corrected chi connectivity index (χ1v) is 8.46. The van der Waals surface area contributed by atoms with Crippen molar-refractivity contribution in [1.29, 1.82) is 0 Å². The SMILES string of the molecule is CC(C)C(CNC(=O)C(CN)CC(C)(C)C)N1CCCC1. The van der Waals surface area contributed by atoms with Crippen molar-refractivity contribution in [3.05, 3.63) is 0 Å². The van der Waals surface area contributed by atoms with Crippen LogP contribution in [-0.4, -0.2) is 43.0 Å². The van der Waals surface area contributed by atoms with E-state index in [1.54, 1.807) is 0 Å². The molecule has 1 rings (SSSR count). The molecule has 0 saturated carbocycles. The van der Waals surface area contributed by atoms with Crippen molar-refractivity contribution in [2.75, 3.05) is 26.2 Å². The molecule has 0 spiro atoms. The summed E-state index contributed by atoms with van der Waals surface area (Å²) >= 11 is 0. The van der Waals surface area contributed by atoms with E-state index in [0.717, 1.165) is 13.0 Å². The third-order valence-electron chi connectivity index (χ3n) is 4.38. The molecule has 21 heavy (non-hydrogen) atoms. The summed E-state index contributed by atoms with van der Waals surface area (Å²) in [4.78, 5) is 14.9. The van der Waals surface area contributed by atoms with Gasteiger partial charge in [0.1, 0.15) is 0 Å². The second kappa shape index (κ2) is 8.14. The fourth-order valence-electron chi connectivity index (χ4n) is 3.23. The molecule has 1 aliphatic rings. The fraction of sp³-hybridized carbons (Fsp3) is 0.941. The number of carbonyl (C=O) groups is 1. The summed E-state index contributed by atoms with van der Waals surface area (Å²) in [5.74, 6) is 0.607. The van der Waals surface area contributed by atoms with E-state index in [9.17, 15) is 4.79 Å². The number of carbonyl (C=O) groups excluding carboxylic acids is 1. The highest BCUT2D eigenvalue weighted by atomic mass is 16.1. The molecule has 0 radical (unpaired) electrons. The molecule has 1 fully saturated rings. The van der Waals surface area contributed by atoms with Gasteiger partial charge >= 0.3 is 0 Å². The Labute approximate surface area is 130 Å². The lowest BCUT2D eigenvalue weighted by Gasteiger charge is -2.32. The number of nitrogens with zero attached hydrogens (tertiary/aromatic N) is 1. The van der Waals surface area contributed by atoms with Gasteiger partial charge in [-0.3, -0.25) is 9.69 Å². The minimum absolute atomic E-state index is 0.0728. The smallest absolute Gasteiger partial charge is 0.224 e. The summed E-state index contributed by atoms with van der Waals surface area (Å²) < 4.78 is 0. The van der Waals surface area contributed by atoms with E-state index in [2.05, 4.69) is 44.8 Å². The average molecular weight is 297 g/mol. The maximum absolute atomic E-state index is 12.4. The zero-order chi connectivity index (χ0) is 16.0. The number of hydrogen-bond acceptors (Lipinski definition) is 3. The van der Waals surface area contributed by atoms with E-state index < -0.39 is 0 Å². The number of nitrogens with one attached hydrogen (secondary N) is 1. The Morgan fingerprint density at radius 3 is 2.24 bits per heavy atom. The van der Waals surface area contributed by atoms with Gasteiger partial charge in [0.15, 0.2) is 0 Å². The highest BCUT2D eigenvalue weighted by molar-refractivity contribution is 5.78. The normalized spacial score (nSPS) is 19.8. The van der Waals surface area contributed by atoms with Crippen LogP contribution in [0.15, 0.2) is 0 Å². The summed E-state index contributed by atoms with van der Waals surface area (Å²) in [7, 11) is 0. The molecule has 0 bridgehead atoms. The van der Waals surface area contributed by atoms with Crippen molar-refractivity contribution in [3.8, 4) is 0 Å². The molecular weight excluding hydrogens is 262 g/mol. The zero-order valence-electron chi connectivity index (χ0n) is 14.6. The van der Waals surface area contributed by atoms with E-state index in [4.69, 9.17) is 5.73 Å². The van der Waals surface area contributed by atoms with Crippen LogP contribution in [0.3, 0.4) is 0 Å². The summed E-state index contributed by atoms with van der Waals surface area (Å²) in [6, 6.07) is 0.449. The van der Waals surface area contributed by atoms with Crippen molar-refractivity contribution in [1.82, 2.24) is 10.2 Å². The van der Waals surface area contributed by atoms with Gasteiger partial charge in [0.25, 0.3) is 0 Å². The molecule has 4 nitrogen and oxygen atoms in total. The molecule has 0 aliphatic carbocycles. The van der Waals surface area contributed by atoms with Gasteiger partial charge in [0.2, 0.25) is 5.91 Å². The molecule has 2 atom stereocenters. The molecule has 1 aliphatic heterocycles. The summed E-state index contributed by atoms with van der Waals surface area (Å²) in [6.45, 7) is 14.5. The first-order valence-electron chi connectivity index (χ1n) is 8.46. The molecular formula is C17H35N3O. The van der Waals surface area contributed by atoms with Crippen molar-refractivity contribution >= 4 is 5.91 Å². The summed E-state index contributed by atoms with van der Waals surface area (Å²) in [6.07, 6.45) is 3.41. The second-order valence-corrected chi connectivity index (χ2v) is 8.00. The number of likely N-dealkylation sites (tertiary alicyclic amines) is 1. The van der Waals surface area contributed by atoms with E-state index in [1.165, 1.54) is 25.9 Å². The van der Waals surface area contributed by atoms with Crippen LogP contribution in [0.5, 0.6) is 0 Å². The number of amides is 1. The Hall–Kier alpha value is -0.610. The lowest BCUT2D eigenvalue weighted by atomic mass is 9.84. The predicted molar refractivity (Wildman–Crippen MR) is 89.1 cm³/mol. The predicted octanol–water partition coefficient (Wildman–Crippen LogP) is 2.23. The van der Waals surface area contributed by atoms with Gasteiger partial charge < -0.3 is 11.1 Å². The number of rotatable bonds is 7. The van der Waals surface area contributed by atoms with Gasteiger partial charge in [0, 0.05) is 19.1 Å². The maximum Gasteiger partial charge on any atom is 0.224 e. The van der Waals surface area contributed by atoms with E-state index in [0.29, 0.717) is 18.5 Å². The quantitative estimate of drug-likeness (QED) is 0.757. The van der Waals surface area contributed by atoms with Crippen molar-refractivity contribution in [3.63, 3.8) is 0 Å². The lowest BCUT2D eigenvalue weighted by molar-refractivity contribution is -0.125. The van der Waals surface area contributed by atoms with Crippen LogP contribution in [0, 0.1) is 17.3 Å². The van der Waals surface area contributed by atoms with Crippen LogP contribution in [0.25, 0.3) is 0 Å². The first-order chi connectivity index (χ1) is 9.74. The van der Waals surface area contributed by atoms with Crippen LogP contribution in [0.2, 0.25) is 0 Å². The summed E-state index contributed by atoms with van der Waals surface area (Å²) in [5, 5.41) is 3.15. The van der Waals surface area contributed by atoms with E-state index >= 15 is 0 Å². The molecule has 0 aromatic heterocycles. The Balaban J connectivity index is 2.51. The molecule has 1 amide bonds. The highest BCUT2D eigenvalue weighted by Gasteiger charge is 2.27. The number of nitrogens with two attached hydrogens (primary N) is 1. The van der Waals surface area contributed by atoms with E-state index in [-0.39, 0.29) is 17.2 Å². The molecule has 2 unspecified atom stereocenters. The Morgan fingerprint density at radius 2 is 1.81 bits per heavy atom. The average Bonchev–Trinajstić information content (AvgIpc) is 2.88. The molecule has 124 valence electrons. The van der Waals surface area contributed by atoms with Gasteiger partial charge in [-0.1, -0.05) is 34.6 Å². The minimum Gasteiger partial charge on any atom is -0.354 e. The topological polar surface area (TPSA) is 58.4 Å². The largest absolute Gasteiger partial charge is 0.354 e. The van der Waals surface area contributed by atoms with Crippen LogP contribution >= 0.6 is 0 Å². The molecule has 1 heterocycles. The Bertz CT molecular complexity index is 316. The molecule has 4 heteroatoms. The Morgan fingerprint density at radius 1 is 1.24 bits per heavy atom. The van der Waals surface area contributed by atoms with Crippen LogP contribution in [-0.2, 0) is 4.79 Å². The Kier molecular flexibility index (Phi) is 7.14. The monoisotopic (exact) mass is 297 g/mol. The van der Waals surface area contributed by atoms with Gasteiger partial charge in [-0.25, -0.2) is 0 Å². The minimum atomic E-state index is -0.0728. The third-order valence-corrected chi connectivity index (χ3v) is 4.38. The second-order valence-electron chi connectivity index (χ2n) is 8.00. The van der Waals surface area contributed by atoms with Gasteiger partial charge in [-0.15, -0.1) is 0 Å². The van der Waals surface area contributed by atoms with Gasteiger partial charge in [-0.2, -0.15) is 0 Å². The maximum atomic E-state index is 12.4. The summed E-state index contributed by atoms with van der Waals surface area (Å²) in [5.41, 5.74) is 5.93. The first kappa shape index (κ1) is 18.4. The fourth-order valence-corrected chi connectivity index (χ4v) is 3.23. The standard InChI is InChI=1S/C17H35N3O/c1-13(2)15(20-8-6-7-9-20)12-19-16(21)14(11-18)10-17(3,4)5/h13-15H,6-12,18H2,1-5H3,(H,19,21). The van der Waals surface area contributed by atoms with E-state index in [1.807, 2.05) is 0 Å². The zero-order valence-corrected chi connectivity index (χ0v) is 14.6. The van der Waals surface area contributed by atoms with Crippen LogP contribution in [0.4, 0.5) is 0 Å². The molecule has 3 N–H and O–H groups in total. The van der Waals surface area contributed by atoms with Crippen molar-refractivity contribution < 1.29 is 4.79 Å². The molecule has 1 saturated heterocycles. The third kappa shape index (κ3) is 6.35.